The number of carbonyl (C=O) groups excluding carboxylic acids is 4. The van der Waals surface area contributed by atoms with Crippen LogP contribution in [-0.4, -0.2) is 43.0 Å². The van der Waals surface area contributed by atoms with Crippen LogP contribution >= 0.6 is 0 Å². The minimum absolute atomic E-state index is 0.0597. The lowest BCUT2D eigenvalue weighted by Crippen LogP contribution is -2.35. The van der Waals surface area contributed by atoms with Gasteiger partial charge in [-0.15, -0.1) is 0 Å². The number of ether oxygens (including phenoxy) is 3. The molecule has 0 radical (unpaired) electrons. The van der Waals surface area contributed by atoms with Crippen molar-refractivity contribution in [1.82, 2.24) is 0 Å². The third-order valence-corrected chi connectivity index (χ3v) is 5.27. The van der Waals surface area contributed by atoms with E-state index < -0.39 is 36.0 Å². The van der Waals surface area contributed by atoms with E-state index in [1.807, 2.05) is 6.92 Å². The van der Waals surface area contributed by atoms with Crippen molar-refractivity contribution in [3.05, 3.63) is 35.5 Å². The molecule has 0 amide bonds. The van der Waals surface area contributed by atoms with Crippen LogP contribution in [0.25, 0.3) is 0 Å². The van der Waals surface area contributed by atoms with Crippen LogP contribution in [0.2, 0.25) is 0 Å². The predicted octanol–water partition coefficient (Wildman–Crippen LogP) is 2.84. The van der Waals surface area contributed by atoms with E-state index >= 15 is 0 Å². The molecule has 0 unspecified atom stereocenters. The number of fused-ring (bicyclic) bond motifs is 1. The molecule has 158 valence electrons. The molecule has 1 saturated heterocycles. The van der Waals surface area contributed by atoms with Crippen LogP contribution in [0.4, 0.5) is 0 Å². The van der Waals surface area contributed by atoms with Crippen LogP contribution in [0.3, 0.4) is 0 Å². The maximum Gasteiger partial charge on any atom is 0.334 e. The summed E-state index contributed by atoms with van der Waals surface area (Å²) in [7, 11) is 0. The Balaban J connectivity index is 2.41. The van der Waals surface area contributed by atoms with Crippen LogP contribution in [0.15, 0.2) is 35.5 Å². The van der Waals surface area contributed by atoms with Crippen molar-refractivity contribution in [1.29, 1.82) is 0 Å². The molecular weight excluding hydrogens is 376 g/mol. The van der Waals surface area contributed by atoms with Gasteiger partial charge < -0.3 is 14.2 Å². The average Bonchev–Trinajstić information content (AvgIpc) is 2.96. The maximum absolute atomic E-state index is 12.4. The van der Waals surface area contributed by atoms with Crippen molar-refractivity contribution in [3.63, 3.8) is 0 Å². The van der Waals surface area contributed by atoms with E-state index in [0.29, 0.717) is 24.8 Å². The van der Waals surface area contributed by atoms with E-state index in [1.54, 1.807) is 19.1 Å². The highest BCUT2D eigenvalue weighted by Crippen LogP contribution is 2.36. The van der Waals surface area contributed by atoms with E-state index in [1.165, 1.54) is 6.92 Å². The summed E-state index contributed by atoms with van der Waals surface area (Å²) in [6.07, 6.45) is 4.65. The summed E-state index contributed by atoms with van der Waals surface area (Å²) in [5, 5.41) is 0. The summed E-state index contributed by atoms with van der Waals surface area (Å²) in [6.45, 7) is 8.85. The van der Waals surface area contributed by atoms with Crippen molar-refractivity contribution in [2.75, 3.05) is 6.61 Å². The fourth-order valence-corrected chi connectivity index (χ4v) is 3.34. The highest BCUT2D eigenvalue weighted by molar-refractivity contribution is 5.91. The number of hydrogen-bond donors (Lipinski definition) is 0. The fourth-order valence-electron chi connectivity index (χ4n) is 3.34. The number of hydrogen-bond acceptors (Lipinski definition) is 7. The zero-order valence-electron chi connectivity index (χ0n) is 17.1. The van der Waals surface area contributed by atoms with Crippen molar-refractivity contribution < 1.29 is 33.4 Å². The van der Waals surface area contributed by atoms with Gasteiger partial charge in [-0.2, -0.15) is 0 Å². The summed E-state index contributed by atoms with van der Waals surface area (Å²) in [6, 6.07) is 0. The molecule has 0 bridgehead atoms. The van der Waals surface area contributed by atoms with E-state index in [4.69, 9.17) is 14.2 Å². The Labute approximate surface area is 170 Å². The van der Waals surface area contributed by atoms with E-state index in [2.05, 4.69) is 6.58 Å². The molecular formula is C22H28O7. The van der Waals surface area contributed by atoms with E-state index in [0.717, 1.165) is 11.9 Å². The smallest absolute Gasteiger partial charge is 0.334 e. The van der Waals surface area contributed by atoms with Crippen molar-refractivity contribution >= 4 is 24.2 Å². The molecule has 7 nitrogen and oxygen atoms in total. The Bertz CT molecular complexity index is 746. The molecule has 0 aromatic rings. The average molecular weight is 404 g/mol. The highest BCUT2D eigenvalue weighted by atomic mass is 16.6. The Morgan fingerprint density at radius 2 is 2.14 bits per heavy atom. The Kier molecular flexibility index (Phi) is 7.93. The van der Waals surface area contributed by atoms with E-state index in [9.17, 15) is 19.2 Å². The van der Waals surface area contributed by atoms with Gasteiger partial charge in [0.05, 0.1) is 11.8 Å². The Hall–Kier alpha value is -2.70. The first-order valence-electron chi connectivity index (χ1n) is 9.84. The molecule has 7 heteroatoms. The van der Waals surface area contributed by atoms with Gasteiger partial charge in [0.1, 0.15) is 25.1 Å². The number of rotatable bonds is 6. The zero-order valence-corrected chi connectivity index (χ0v) is 17.1. The molecule has 29 heavy (non-hydrogen) atoms. The number of aldehydes is 1. The minimum atomic E-state index is -0.763. The summed E-state index contributed by atoms with van der Waals surface area (Å²) < 4.78 is 16.3. The first kappa shape index (κ1) is 22.6. The largest absolute Gasteiger partial charge is 0.461 e. The minimum Gasteiger partial charge on any atom is -0.461 e. The van der Waals surface area contributed by atoms with Gasteiger partial charge in [-0.05, 0) is 36.5 Å². The summed E-state index contributed by atoms with van der Waals surface area (Å²) in [5.41, 5.74) is 1.44. The number of allylic oxidation sites excluding steroid dienone is 1. The van der Waals surface area contributed by atoms with Gasteiger partial charge >= 0.3 is 17.9 Å². The molecule has 0 saturated carbocycles. The molecule has 0 spiro atoms. The lowest BCUT2D eigenvalue weighted by molar-refractivity contribution is -0.156. The molecule has 4 atom stereocenters. The Morgan fingerprint density at radius 3 is 2.76 bits per heavy atom. The van der Waals surface area contributed by atoms with Crippen LogP contribution in [0.5, 0.6) is 0 Å². The molecule has 1 aliphatic carbocycles. The molecule has 1 heterocycles. The number of carbonyl (C=O) groups is 4. The van der Waals surface area contributed by atoms with Crippen LogP contribution < -0.4 is 0 Å². The van der Waals surface area contributed by atoms with Gasteiger partial charge in [0.15, 0.2) is 0 Å². The topological polar surface area (TPSA) is 96.0 Å². The van der Waals surface area contributed by atoms with Gasteiger partial charge in [-0.3, -0.25) is 14.4 Å². The first-order valence-corrected chi connectivity index (χ1v) is 9.84. The normalized spacial score (nSPS) is 29.3. The zero-order chi connectivity index (χ0) is 21.6. The maximum atomic E-state index is 12.4. The quantitative estimate of drug-likeness (QED) is 0.221. The second-order valence-corrected chi connectivity index (χ2v) is 7.45. The van der Waals surface area contributed by atoms with Crippen molar-refractivity contribution in [3.8, 4) is 0 Å². The van der Waals surface area contributed by atoms with Crippen LogP contribution in [0.1, 0.15) is 46.5 Å². The monoisotopic (exact) mass is 404 g/mol. The third-order valence-electron chi connectivity index (χ3n) is 5.27. The fraction of sp³-hybridized carbons (Fsp3) is 0.545. The Morgan fingerprint density at radius 1 is 1.41 bits per heavy atom. The lowest BCUT2D eigenvalue weighted by atomic mass is 9.85. The summed E-state index contributed by atoms with van der Waals surface area (Å²) in [4.78, 5) is 47.4. The van der Waals surface area contributed by atoms with Gasteiger partial charge in [-0.25, -0.2) is 4.79 Å². The van der Waals surface area contributed by atoms with Crippen molar-refractivity contribution in [2.45, 2.75) is 58.7 Å². The second-order valence-electron chi connectivity index (χ2n) is 7.45. The van der Waals surface area contributed by atoms with Gasteiger partial charge in [0.25, 0.3) is 0 Å². The molecule has 2 aliphatic rings. The second kappa shape index (κ2) is 10.2. The van der Waals surface area contributed by atoms with E-state index in [-0.39, 0.29) is 24.5 Å². The predicted molar refractivity (Wildman–Crippen MR) is 105 cm³/mol. The first-order chi connectivity index (χ1) is 13.8. The van der Waals surface area contributed by atoms with Gasteiger partial charge in [-0.1, -0.05) is 26.5 Å². The number of esters is 3. The highest BCUT2D eigenvalue weighted by Gasteiger charge is 2.45. The standard InChI is InChI=1S/C22H28O7/c1-5-13(2)21(25)28-18-9-16(11-23)7-6-8-17(12-27-15(4)24)10-19-20(18)14(3)22(26)29-19/h7,10-11,13,18-20H,3,5-6,8-9,12H2,1-2,4H3/b16-7-,17-10-/t13-,18-,19+,20-/m0/s1. The van der Waals surface area contributed by atoms with Gasteiger partial charge in [0, 0.05) is 18.9 Å². The van der Waals surface area contributed by atoms with Crippen LogP contribution in [-0.2, 0) is 33.4 Å². The molecule has 2 rings (SSSR count). The van der Waals surface area contributed by atoms with Gasteiger partial charge in [0.2, 0.25) is 0 Å². The molecule has 0 N–H and O–H groups in total. The third kappa shape index (κ3) is 5.89. The van der Waals surface area contributed by atoms with Crippen molar-refractivity contribution in [2.24, 2.45) is 11.8 Å². The molecule has 0 aromatic carbocycles. The molecule has 1 fully saturated rings. The molecule has 1 aliphatic heterocycles. The SMILES string of the molecule is C=C1C(=O)O[C@@H]2/C=C(\COC(C)=O)CC/C=C(\C=O)C[C@H](OC(=O)[C@@H](C)CC)[C@H]12. The summed E-state index contributed by atoms with van der Waals surface area (Å²) in [5.74, 6) is -2.31. The molecule has 0 aromatic heterocycles. The lowest BCUT2D eigenvalue weighted by Gasteiger charge is -2.28. The summed E-state index contributed by atoms with van der Waals surface area (Å²) >= 11 is 0. The van der Waals surface area contributed by atoms with Crippen LogP contribution in [0, 0.1) is 11.8 Å².